The highest BCUT2D eigenvalue weighted by molar-refractivity contribution is 6.31. The fourth-order valence-electron chi connectivity index (χ4n) is 1.07. The number of nitriles is 1. The van der Waals surface area contributed by atoms with Gasteiger partial charge in [0.05, 0.1) is 11.1 Å². The van der Waals surface area contributed by atoms with Gasteiger partial charge in [0.25, 0.3) is 0 Å². The Hall–Kier alpha value is -1.24. The van der Waals surface area contributed by atoms with Gasteiger partial charge >= 0.3 is 5.97 Å². The minimum absolute atomic E-state index is 0.0593. The third kappa shape index (κ3) is 1.98. The number of halogens is 2. The lowest BCUT2D eigenvalue weighted by atomic mass is 10.0. The van der Waals surface area contributed by atoms with Crippen LogP contribution in [0.2, 0.25) is 5.02 Å². The third-order valence-corrected chi connectivity index (χ3v) is 2.18. The molecule has 0 aliphatic carbocycles. The van der Waals surface area contributed by atoms with E-state index in [1.165, 1.54) is 12.1 Å². The number of nitrogens with zero attached hydrogens (tertiary/aromatic N) is 1. The Morgan fingerprint density at radius 3 is 2.64 bits per heavy atom. The van der Waals surface area contributed by atoms with Gasteiger partial charge in [0, 0.05) is 10.9 Å². The van der Waals surface area contributed by atoms with Gasteiger partial charge in [-0.25, -0.2) is 4.79 Å². The Morgan fingerprint density at radius 2 is 2.21 bits per heavy atom. The van der Waals surface area contributed by atoms with E-state index in [0.717, 1.165) is 0 Å². The quantitative estimate of drug-likeness (QED) is 0.794. The fraction of sp³-hybridized carbons (Fsp3) is 0.111. The molecule has 0 fully saturated rings. The molecule has 0 atom stereocenters. The van der Waals surface area contributed by atoms with Crippen molar-refractivity contribution in [1.82, 2.24) is 0 Å². The van der Waals surface area contributed by atoms with E-state index in [0.29, 0.717) is 5.56 Å². The molecule has 0 heterocycles. The van der Waals surface area contributed by atoms with Crippen molar-refractivity contribution in [3.63, 3.8) is 0 Å². The Kier molecular flexibility index (Phi) is 3.34. The molecule has 0 spiro atoms. The molecule has 72 valence electrons. The van der Waals surface area contributed by atoms with Crippen LogP contribution in [0.15, 0.2) is 12.1 Å². The van der Waals surface area contributed by atoms with Crippen LogP contribution in [0, 0.1) is 11.3 Å². The molecule has 0 aliphatic rings. The van der Waals surface area contributed by atoms with Crippen LogP contribution in [-0.2, 0) is 5.88 Å². The SMILES string of the molecule is N#Cc1c(CCl)cc(Cl)cc1C(=O)O. The van der Waals surface area contributed by atoms with Crippen LogP contribution >= 0.6 is 23.2 Å². The monoisotopic (exact) mass is 229 g/mol. The molecule has 0 aromatic heterocycles. The van der Waals surface area contributed by atoms with E-state index in [-0.39, 0.29) is 22.0 Å². The summed E-state index contributed by atoms with van der Waals surface area (Å²) in [6.45, 7) is 0. The predicted octanol–water partition coefficient (Wildman–Crippen LogP) is 2.65. The number of benzene rings is 1. The molecule has 0 amide bonds. The van der Waals surface area contributed by atoms with Crippen molar-refractivity contribution in [2.75, 3.05) is 0 Å². The van der Waals surface area contributed by atoms with Crippen molar-refractivity contribution < 1.29 is 9.90 Å². The van der Waals surface area contributed by atoms with Gasteiger partial charge in [-0.3, -0.25) is 0 Å². The predicted molar refractivity (Wildman–Crippen MR) is 52.7 cm³/mol. The number of aromatic carboxylic acids is 1. The van der Waals surface area contributed by atoms with E-state index < -0.39 is 5.97 Å². The Labute approximate surface area is 90.5 Å². The Morgan fingerprint density at radius 1 is 1.57 bits per heavy atom. The lowest BCUT2D eigenvalue weighted by Crippen LogP contribution is -2.02. The molecule has 0 radical (unpaired) electrons. The van der Waals surface area contributed by atoms with Crippen LogP contribution in [0.1, 0.15) is 21.5 Å². The molecule has 14 heavy (non-hydrogen) atoms. The second-order valence-corrected chi connectivity index (χ2v) is 3.24. The summed E-state index contributed by atoms with van der Waals surface area (Å²) < 4.78 is 0. The molecule has 0 unspecified atom stereocenters. The van der Waals surface area contributed by atoms with Gasteiger partial charge in [0.1, 0.15) is 6.07 Å². The summed E-state index contributed by atoms with van der Waals surface area (Å²) in [5.74, 6) is -1.13. The first-order valence-corrected chi connectivity index (χ1v) is 4.53. The van der Waals surface area contributed by atoms with E-state index in [9.17, 15) is 4.79 Å². The summed E-state index contributed by atoms with van der Waals surface area (Å²) in [7, 11) is 0. The molecule has 1 aromatic carbocycles. The van der Waals surface area contributed by atoms with Gasteiger partial charge in [-0.2, -0.15) is 5.26 Å². The summed E-state index contributed by atoms with van der Waals surface area (Å²) in [5, 5.41) is 17.8. The summed E-state index contributed by atoms with van der Waals surface area (Å²) in [6, 6.07) is 4.52. The van der Waals surface area contributed by atoms with Gasteiger partial charge in [0.2, 0.25) is 0 Å². The van der Waals surface area contributed by atoms with Gasteiger partial charge in [-0.1, -0.05) is 11.6 Å². The molecule has 1 N–H and O–H groups in total. The van der Waals surface area contributed by atoms with Crippen molar-refractivity contribution in [3.8, 4) is 6.07 Å². The van der Waals surface area contributed by atoms with E-state index in [2.05, 4.69) is 0 Å². The first-order valence-electron chi connectivity index (χ1n) is 3.62. The maximum Gasteiger partial charge on any atom is 0.337 e. The van der Waals surface area contributed by atoms with E-state index in [4.69, 9.17) is 33.6 Å². The van der Waals surface area contributed by atoms with Crippen molar-refractivity contribution in [2.45, 2.75) is 5.88 Å². The topological polar surface area (TPSA) is 61.1 Å². The number of rotatable bonds is 2. The fourth-order valence-corrected chi connectivity index (χ4v) is 1.52. The second-order valence-electron chi connectivity index (χ2n) is 2.54. The van der Waals surface area contributed by atoms with Crippen LogP contribution < -0.4 is 0 Å². The summed E-state index contributed by atoms with van der Waals surface area (Å²) >= 11 is 11.2. The molecule has 1 rings (SSSR count). The average Bonchev–Trinajstić information content (AvgIpc) is 2.16. The molecule has 0 bridgehead atoms. The lowest BCUT2D eigenvalue weighted by Gasteiger charge is -2.04. The molecule has 0 saturated carbocycles. The minimum Gasteiger partial charge on any atom is -0.478 e. The van der Waals surface area contributed by atoms with Crippen molar-refractivity contribution >= 4 is 29.2 Å². The van der Waals surface area contributed by atoms with Crippen molar-refractivity contribution in [2.24, 2.45) is 0 Å². The maximum absolute atomic E-state index is 10.7. The average molecular weight is 230 g/mol. The van der Waals surface area contributed by atoms with Gasteiger partial charge in [0.15, 0.2) is 0 Å². The first-order chi connectivity index (χ1) is 6.60. The molecule has 0 saturated heterocycles. The molecule has 1 aromatic rings. The summed E-state index contributed by atoms with van der Waals surface area (Å²) in [6.07, 6.45) is 0. The summed E-state index contributed by atoms with van der Waals surface area (Å²) in [5.41, 5.74) is 0.381. The van der Waals surface area contributed by atoms with Crippen LogP contribution in [0.3, 0.4) is 0 Å². The second kappa shape index (κ2) is 4.32. The zero-order chi connectivity index (χ0) is 10.7. The van der Waals surface area contributed by atoms with Crippen LogP contribution in [-0.4, -0.2) is 11.1 Å². The van der Waals surface area contributed by atoms with Crippen molar-refractivity contribution in [3.05, 3.63) is 33.8 Å². The number of carboxylic acid groups (broad SMARTS) is 1. The molecular weight excluding hydrogens is 225 g/mol. The smallest absolute Gasteiger partial charge is 0.337 e. The highest BCUT2D eigenvalue weighted by atomic mass is 35.5. The molecule has 3 nitrogen and oxygen atoms in total. The molecule has 5 heteroatoms. The first kappa shape index (κ1) is 10.8. The van der Waals surface area contributed by atoms with E-state index in [1.807, 2.05) is 0 Å². The highest BCUT2D eigenvalue weighted by Gasteiger charge is 2.14. The minimum atomic E-state index is -1.18. The highest BCUT2D eigenvalue weighted by Crippen LogP contribution is 2.22. The van der Waals surface area contributed by atoms with Crippen molar-refractivity contribution in [1.29, 1.82) is 5.26 Å². The zero-order valence-electron chi connectivity index (χ0n) is 6.92. The van der Waals surface area contributed by atoms with Gasteiger partial charge < -0.3 is 5.11 Å². The number of alkyl halides is 1. The van der Waals surface area contributed by atoms with E-state index >= 15 is 0 Å². The standard InChI is InChI=1S/C9H5Cl2NO2/c10-3-5-1-6(11)2-7(9(13)14)8(5)4-12/h1-2H,3H2,(H,13,14). The normalized spacial score (nSPS) is 9.50. The molecular formula is C9H5Cl2NO2. The Bertz CT molecular complexity index is 424. The number of carboxylic acids is 1. The largest absolute Gasteiger partial charge is 0.478 e. The maximum atomic E-state index is 10.7. The van der Waals surface area contributed by atoms with Crippen LogP contribution in [0.5, 0.6) is 0 Å². The van der Waals surface area contributed by atoms with Crippen LogP contribution in [0.25, 0.3) is 0 Å². The van der Waals surface area contributed by atoms with Crippen LogP contribution in [0.4, 0.5) is 0 Å². The molecule has 0 aliphatic heterocycles. The van der Waals surface area contributed by atoms with Gasteiger partial charge in [-0.15, -0.1) is 11.6 Å². The van der Waals surface area contributed by atoms with Gasteiger partial charge in [-0.05, 0) is 17.7 Å². The number of hydrogen-bond donors (Lipinski definition) is 1. The number of carbonyl (C=O) groups is 1. The summed E-state index contributed by atoms with van der Waals surface area (Å²) in [4.78, 5) is 10.7. The lowest BCUT2D eigenvalue weighted by molar-refractivity contribution is 0.0696. The van der Waals surface area contributed by atoms with E-state index in [1.54, 1.807) is 6.07 Å². The number of hydrogen-bond acceptors (Lipinski definition) is 2. The Balaban J connectivity index is 3.49. The third-order valence-electron chi connectivity index (χ3n) is 1.67. The zero-order valence-corrected chi connectivity index (χ0v) is 8.43.